The summed E-state index contributed by atoms with van der Waals surface area (Å²) in [4.78, 5) is 15.1. The van der Waals surface area contributed by atoms with Crippen LogP contribution in [0, 0.1) is 19.8 Å². The third-order valence-corrected chi connectivity index (χ3v) is 4.43. The van der Waals surface area contributed by atoms with Crippen LogP contribution in [-0.4, -0.2) is 23.4 Å². The lowest BCUT2D eigenvalue weighted by Gasteiger charge is -2.31. The maximum atomic E-state index is 13.0. The van der Waals surface area contributed by atoms with Crippen LogP contribution in [0.5, 0.6) is 0 Å². The molecule has 3 nitrogen and oxygen atoms in total. The molecule has 0 saturated heterocycles. The van der Waals surface area contributed by atoms with Gasteiger partial charge >= 0.3 is 0 Å². The Balaban J connectivity index is 2.31. The number of rotatable bonds is 4. The molecule has 1 aliphatic rings. The fourth-order valence-corrected chi connectivity index (χ4v) is 3.26. The molecule has 0 atom stereocenters. The first-order valence-corrected chi connectivity index (χ1v) is 8.07. The molecule has 1 aliphatic carbocycles. The van der Waals surface area contributed by atoms with E-state index < -0.39 is 0 Å². The largest absolute Gasteiger partial charge is 0.398 e. The second-order valence-corrected chi connectivity index (χ2v) is 6.81. The Bertz CT molecular complexity index is 516. The van der Waals surface area contributed by atoms with E-state index in [4.69, 9.17) is 5.73 Å². The summed E-state index contributed by atoms with van der Waals surface area (Å²) in [6.07, 6.45) is 4.75. The van der Waals surface area contributed by atoms with Crippen molar-refractivity contribution in [1.29, 1.82) is 0 Å². The van der Waals surface area contributed by atoms with Crippen LogP contribution in [-0.2, 0) is 0 Å². The molecule has 0 aromatic heterocycles. The zero-order valence-corrected chi connectivity index (χ0v) is 13.8. The Labute approximate surface area is 128 Å². The van der Waals surface area contributed by atoms with Crippen LogP contribution in [0.1, 0.15) is 61.0 Å². The molecule has 21 heavy (non-hydrogen) atoms. The van der Waals surface area contributed by atoms with Crippen molar-refractivity contribution in [3.05, 3.63) is 28.8 Å². The topological polar surface area (TPSA) is 46.3 Å². The Hall–Kier alpha value is -1.51. The quantitative estimate of drug-likeness (QED) is 0.853. The average molecular weight is 288 g/mol. The molecular weight excluding hydrogens is 260 g/mol. The first-order valence-electron chi connectivity index (χ1n) is 8.07. The number of benzene rings is 1. The molecule has 1 aromatic carbocycles. The highest BCUT2D eigenvalue weighted by Gasteiger charge is 2.28. The monoisotopic (exact) mass is 288 g/mol. The van der Waals surface area contributed by atoms with Gasteiger partial charge in [0.25, 0.3) is 5.91 Å². The van der Waals surface area contributed by atoms with E-state index in [1.807, 2.05) is 26.0 Å². The van der Waals surface area contributed by atoms with E-state index in [1.54, 1.807) is 0 Å². The zero-order valence-electron chi connectivity index (χ0n) is 13.8. The highest BCUT2D eigenvalue weighted by Crippen LogP contribution is 2.27. The molecule has 116 valence electrons. The Morgan fingerprint density at radius 1 is 1.24 bits per heavy atom. The Kier molecular flexibility index (Phi) is 4.92. The van der Waals surface area contributed by atoms with Crippen molar-refractivity contribution >= 4 is 11.6 Å². The molecular formula is C18H28N2O. The molecule has 1 aromatic rings. The number of nitrogens with two attached hydrogens (primary N) is 1. The van der Waals surface area contributed by atoms with Crippen LogP contribution in [0.15, 0.2) is 12.1 Å². The highest BCUT2D eigenvalue weighted by atomic mass is 16.2. The van der Waals surface area contributed by atoms with Crippen LogP contribution in [0.2, 0.25) is 0 Å². The SMILES string of the molecule is Cc1cc(C)c(C(=O)N(CC(C)C)C2CCCC2)cc1N. The van der Waals surface area contributed by atoms with Crippen molar-refractivity contribution in [3.63, 3.8) is 0 Å². The molecule has 0 radical (unpaired) electrons. The molecule has 0 aliphatic heterocycles. The Morgan fingerprint density at radius 2 is 1.86 bits per heavy atom. The van der Waals surface area contributed by atoms with Crippen molar-refractivity contribution in [2.45, 2.75) is 59.4 Å². The van der Waals surface area contributed by atoms with Gasteiger partial charge in [0.05, 0.1) is 0 Å². The number of carbonyl (C=O) groups is 1. The lowest BCUT2D eigenvalue weighted by molar-refractivity contribution is 0.0655. The van der Waals surface area contributed by atoms with E-state index in [-0.39, 0.29) is 5.91 Å². The molecule has 1 fully saturated rings. The number of carbonyl (C=O) groups excluding carboxylic acids is 1. The van der Waals surface area contributed by atoms with Crippen molar-refractivity contribution in [3.8, 4) is 0 Å². The van der Waals surface area contributed by atoms with Gasteiger partial charge in [-0.15, -0.1) is 0 Å². The maximum Gasteiger partial charge on any atom is 0.254 e. The van der Waals surface area contributed by atoms with Gasteiger partial charge in [0.2, 0.25) is 0 Å². The van der Waals surface area contributed by atoms with E-state index in [9.17, 15) is 4.79 Å². The first kappa shape index (κ1) is 15.9. The van der Waals surface area contributed by atoms with Crippen LogP contribution < -0.4 is 5.73 Å². The molecule has 3 heteroatoms. The Morgan fingerprint density at radius 3 is 2.43 bits per heavy atom. The van der Waals surface area contributed by atoms with Gasteiger partial charge in [0, 0.05) is 23.8 Å². The molecule has 0 unspecified atom stereocenters. The van der Waals surface area contributed by atoms with Gasteiger partial charge < -0.3 is 10.6 Å². The lowest BCUT2D eigenvalue weighted by Crippen LogP contribution is -2.41. The first-order chi connectivity index (χ1) is 9.90. The minimum absolute atomic E-state index is 0.153. The summed E-state index contributed by atoms with van der Waals surface area (Å²) in [5.74, 6) is 0.637. The number of nitrogen functional groups attached to an aromatic ring is 1. The summed E-state index contributed by atoms with van der Waals surface area (Å²) in [6.45, 7) is 9.16. The fraction of sp³-hybridized carbons (Fsp3) is 0.611. The van der Waals surface area contributed by atoms with Gasteiger partial charge in [-0.25, -0.2) is 0 Å². The van der Waals surface area contributed by atoms with Crippen LogP contribution >= 0.6 is 0 Å². The number of nitrogens with zero attached hydrogens (tertiary/aromatic N) is 1. The molecule has 2 N–H and O–H groups in total. The fourth-order valence-electron chi connectivity index (χ4n) is 3.26. The van der Waals surface area contributed by atoms with Gasteiger partial charge in [-0.3, -0.25) is 4.79 Å². The molecule has 1 amide bonds. The number of aryl methyl sites for hydroxylation is 2. The average Bonchev–Trinajstić information content (AvgIpc) is 2.93. The van der Waals surface area contributed by atoms with E-state index in [0.717, 1.165) is 36.1 Å². The second kappa shape index (κ2) is 6.50. The lowest BCUT2D eigenvalue weighted by atomic mass is 10.0. The van der Waals surface area contributed by atoms with Crippen LogP contribution in [0.25, 0.3) is 0 Å². The zero-order chi connectivity index (χ0) is 15.6. The maximum absolute atomic E-state index is 13.0. The number of hydrogen-bond acceptors (Lipinski definition) is 2. The smallest absolute Gasteiger partial charge is 0.254 e. The molecule has 0 spiro atoms. The van der Waals surface area contributed by atoms with Gasteiger partial charge in [0.15, 0.2) is 0 Å². The van der Waals surface area contributed by atoms with E-state index in [1.165, 1.54) is 12.8 Å². The number of amides is 1. The summed E-state index contributed by atoms with van der Waals surface area (Å²) in [7, 11) is 0. The van der Waals surface area contributed by atoms with Gasteiger partial charge in [-0.2, -0.15) is 0 Å². The second-order valence-electron chi connectivity index (χ2n) is 6.81. The van der Waals surface area contributed by atoms with Crippen molar-refractivity contribution < 1.29 is 4.79 Å². The third-order valence-electron chi connectivity index (χ3n) is 4.43. The van der Waals surface area contributed by atoms with E-state index in [0.29, 0.717) is 17.6 Å². The minimum Gasteiger partial charge on any atom is -0.398 e. The normalized spacial score (nSPS) is 15.7. The van der Waals surface area contributed by atoms with Crippen molar-refractivity contribution in [2.75, 3.05) is 12.3 Å². The number of hydrogen-bond donors (Lipinski definition) is 1. The van der Waals surface area contributed by atoms with Crippen LogP contribution in [0.3, 0.4) is 0 Å². The molecule has 0 bridgehead atoms. The summed E-state index contributed by atoms with van der Waals surface area (Å²) in [5, 5.41) is 0. The van der Waals surface area contributed by atoms with Crippen molar-refractivity contribution in [2.24, 2.45) is 5.92 Å². The van der Waals surface area contributed by atoms with Gasteiger partial charge in [-0.05, 0) is 49.8 Å². The number of anilines is 1. The standard InChI is InChI=1S/C18H28N2O/c1-12(2)11-20(15-7-5-6-8-15)18(21)16-10-17(19)14(4)9-13(16)3/h9-10,12,15H,5-8,11,19H2,1-4H3. The predicted octanol–water partition coefficient (Wildman–Crippen LogP) is 3.93. The van der Waals surface area contributed by atoms with Gasteiger partial charge in [0.1, 0.15) is 0 Å². The summed E-state index contributed by atoms with van der Waals surface area (Å²) < 4.78 is 0. The van der Waals surface area contributed by atoms with E-state index in [2.05, 4.69) is 18.7 Å². The minimum atomic E-state index is 0.153. The third kappa shape index (κ3) is 3.58. The van der Waals surface area contributed by atoms with Crippen molar-refractivity contribution in [1.82, 2.24) is 4.90 Å². The van der Waals surface area contributed by atoms with Crippen LogP contribution in [0.4, 0.5) is 5.69 Å². The summed E-state index contributed by atoms with van der Waals surface area (Å²) in [6, 6.07) is 4.28. The molecule has 1 saturated carbocycles. The summed E-state index contributed by atoms with van der Waals surface area (Å²) in [5.41, 5.74) is 9.56. The summed E-state index contributed by atoms with van der Waals surface area (Å²) >= 11 is 0. The highest BCUT2D eigenvalue weighted by molar-refractivity contribution is 5.97. The predicted molar refractivity (Wildman–Crippen MR) is 88.5 cm³/mol. The molecule has 0 heterocycles. The van der Waals surface area contributed by atoms with Gasteiger partial charge in [-0.1, -0.05) is 32.8 Å². The van der Waals surface area contributed by atoms with E-state index >= 15 is 0 Å². The molecule has 2 rings (SSSR count).